The lowest BCUT2D eigenvalue weighted by Crippen LogP contribution is -2.23. The third kappa shape index (κ3) is 5.81. The van der Waals surface area contributed by atoms with E-state index in [1.54, 1.807) is 25.1 Å². The summed E-state index contributed by atoms with van der Waals surface area (Å²) in [5, 5.41) is 31.0. The smallest absolute Gasteiger partial charge is 0.220 e. The Hall–Kier alpha value is -3.02. The number of hydrogen-bond donors (Lipinski definition) is 4. The molecule has 2 rings (SSSR count). The summed E-state index contributed by atoms with van der Waals surface area (Å²) in [6.45, 7) is 2.09. The molecular formula is C20H23NO5. The van der Waals surface area contributed by atoms with E-state index >= 15 is 0 Å². The summed E-state index contributed by atoms with van der Waals surface area (Å²) in [5.74, 6) is -0.483. The Balaban J connectivity index is 1.70. The van der Waals surface area contributed by atoms with Gasteiger partial charge in [-0.25, -0.2) is 0 Å². The topological polar surface area (TPSA) is 107 Å². The highest BCUT2D eigenvalue weighted by Gasteiger charge is 2.09. The summed E-state index contributed by atoms with van der Waals surface area (Å²) >= 11 is 0. The predicted octanol–water partition coefficient (Wildman–Crippen LogP) is 2.71. The van der Waals surface area contributed by atoms with Gasteiger partial charge in [-0.3, -0.25) is 9.59 Å². The molecule has 0 radical (unpaired) electrons. The number of aryl methyl sites for hydroxylation is 2. The molecule has 0 spiro atoms. The van der Waals surface area contributed by atoms with Crippen LogP contribution in [0.4, 0.5) is 0 Å². The van der Waals surface area contributed by atoms with E-state index < -0.39 is 0 Å². The maximum atomic E-state index is 11.9. The van der Waals surface area contributed by atoms with Crippen molar-refractivity contribution in [2.24, 2.45) is 0 Å². The molecule has 0 saturated carbocycles. The van der Waals surface area contributed by atoms with E-state index in [9.17, 15) is 24.9 Å². The number of carbonyl (C=O) groups is 2. The lowest BCUT2D eigenvalue weighted by Gasteiger charge is -2.07. The Morgan fingerprint density at radius 3 is 2.23 bits per heavy atom. The SMILES string of the molecule is Cc1ccc(CNC(=O)CCC(=O)CCc2ccc(O)c(O)c2)cc1O. The molecule has 2 aromatic rings. The van der Waals surface area contributed by atoms with E-state index in [1.807, 2.05) is 6.07 Å². The van der Waals surface area contributed by atoms with Gasteiger partial charge in [0, 0.05) is 25.8 Å². The molecule has 1 amide bonds. The monoisotopic (exact) mass is 357 g/mol. The zero-order valence-electron chi connectivity index (χ0n) is 14.7. The molecule has 6 nitrogen and oxygen atoms in total. The second-order valence-electron chi connectivity index (χ2n) is 6.26. The molecule has 0 aliphatic heterocycles. The maximum Gasteiger partial charge on any atom is 0.220 e. The zero-order valence-corrected chi connectivity index (χ0v) is 14.7. The van der Waals surface area contributed by atoms with E-state index in [1.165, 1.54) is 12.1 Å². The molecule has 2 aromatic carbocycles. The van der Waals surface area contributed by atoms with E-state index in [4.69, 9.17) is 0 Å². The minimum absolute atomic E-state index is 0.0410. The summed E-state index contributed by atoms with van der Waals surface area (Å²) in [5.41, 5.74) is 2.31. The Kier molecular flexibility index (Phi) is 6.60. The van der Waals surface area contributed by atoms with Crippen LogP contribution in [0.2, 0.25) is 0 Å². The lowest BCUT2D eigenvalue weighted by molar-refractivity contribution is -0.125. The van der Waals surface area contributed by atoms with Crippen LogP contribution >= 0.6 is 0 Å². The van der Waals surface area contributed by atoms with Crippen LogP contribution in [0.25, 0.3) is 0 Å². The lowest BCUT2D eigenvalue weighted by atomic mass is 10.0. The quantitative estimate of drug-likeness (QED) is 0.544. The van der Waals surface area contributed by atoms with Gasteiger partial charge in [-0.1, -0.05) is 18.2 Å². The van der Waals surface area contributed by atoms with Crippen LogP contribution in [0.5, 0.6) is 17.2 Å². The first-order chi connectivity index (χ1) is 12.3. The van der Waals surface area contributed by atoms with Gasteiger partial charge in [0.15, 0.2) is 11.5 Å². The summed E-state index contributed by atoms with van der Waals surface area (Å²) in [6.07, 6.45) is 0.965. The van der Waals surface area contributed by atoms with Crippen molar-refractivity contribution in [2.75, 3.05) is 0 Å². The Bertz CT molecular complexity index is 733. The molecule has 0 fully saturated rings. The normalized spacial score (nSPS) is 10.5. The fourth-order valence-corrected chi connectivity index (χ4v) is 2.44. The van der Waals surface area contributed by atoms with Crippen molar-refractivity contribution in [3.8, 4) is 17.2 Å². The first-order valence-electron chi connectivity index (χ1n) is 8.43. The first kappa shape index (κ1) is 19.3. The number of hydrogen-bond acceptors (Lipinski definition) is 5. The summed E-state index contributed by atoms with van der Waals surface area (Å²) in [6, 6.07) is 9.66. The van der Waals surface area contributed by atoms with Gasteiger partial charge in [0.05, 0.1) is 0 Å². The maximum absolute atomic E-state index is 11.9. The van der Waals surface area contributed by atoms with Gasteiger partial charge in [0.1, 0.15) is 11.5 Å². The third-order valence-corrected chi connectivity index (χ3v) is 4.13. The minimum Gasteiger partial charge on any atom is -0.508 e. The fourth-order valence-electron chi connectivity index (χ4n) is 2.44. The van der Waals surface area contributed by atoms with Crippen molar-refractivity contribution in [1.82, 2.24) is 5.32 Å². The molecule has 0 aliphatic carbocycles. The average molecular weight is 357 g/mol. The number of Topliss-reactive ketones (excluding diaryl/α,β-unsaturated/α-hetero) is 1. The number of aromatic hydroxyl groups is 3. The van der Waals surface area contributed by atoms with Crippen LogP contribution in [0.1, 0.15) is 36.0 Å². The van der Waals surface area contributed by atoms with Gasteiger partial charge in [-0.2, -0.15) is 0 Å². The largest absolute Gasteiger partial charge is 0.508 e. The summed E-state index contributed by atoms with van der Waals surface area (Å²) in [7, 11) is 0. The van der Waals surface area contributed by atoms with Crippen molar-refractivity contribution in [1.29, 1.82) is 0 Å². The number of carbonyl (C=O) groups excluding carboxylic acids is 2. The van der Waals surface area contributed by atoms with E-state index in [-0.39, 0.29) is 48.2 Å². The molecular weight excluding hydrogens is 334 g/mol. The standard InChI is InChI=1S/C20H23NO5/c1-13-2-3-15(11-18(13)24)12-21-20(26)9-7-16(22)6-4-14-5-8-17(23)19(25)10-14/h2-3,5,8,10-11,23-25H,4,6-7,9,12H2,1H3,(H,21,26). The molecule has 0 saturated heterocycles. The molecule has 0 heterocycles. The Labute approximate surface area is 152 Å². The van der Waals surface area contributed by atoms with Gasteiger partial charge in [0.2, 0.25) is 5.91 Å². The zero-order chi connectivity index (χ0) is 19.1. The Morgan fingerprint density at radius 1 is 0.846 bits per heavy atom. The van der Waals surface area contributed by atoms with Crippen molar-refractivity contribution < 1.29 is 24.9 Å². The number of ketones is 1. The highest BCUT2D eigenvalue weighted by atomic mass is 16.3. The number of amides is 1. The fraction of sp³-hybridized carbons (Fsp3) is 0.300. The number of benzene rings is 2. The van der Waals surface area contributed by atoms with Crippen LogP contribution in [-0.2, 0) is 22.6 Å². The molecule has 6 heteroatoms. The summed E-state index contributed by atoms with van der Waals surface area (Å²) in [4.78, 5) is 23.7. The van der Waals surface area contributed by atoms with Crippen LogP contribution in [-0.4, -0.2) is 27.0 Å². The van der Waals surface area contributed by atoms with E-state index in [0.29, 0.717) is 13.0 Å². The minimum atomic E-state index is -0.222. The molecule has 0 aliphatic rings. The number of nitrogens with one attached hydrogen (secondary N) is 1. The molecule has 4 N–H and O–H groups in total. The van der Waals surface area contributed by atoms with Gasteiger partial charge in [-0.15, -0.1) is 0 Å². The first-order valence-corrected chi connectivity index (χ1v) is 8.43. The molecule has 0 atom stereocenters. The molecule has 0 aromatic heterocycles. The second-order valence-corrected chi connectivity index (χ2v) is 6.26. The van der Waals surface area contributed by atoms with Crippen molar-refractivity contribution >= 4 is 11.7 Å². The van der Waals surface area contributed by atoms with Crippen molar-refractivity contribution in [3.63, 3.8) is 0 Å². The molecule has 26 heavy (non-hydrogen) atoms. The Morgan fingerprint density at radius 2 is 1.54 bits per heavy atom. The predicted molar refractivity (Wildman–Crippen MR) is 97.0 cm³/mol. The summed E-state index contributed by atoms with van der Waals surface area (Å²) < 4.78 is 0. The highest BCUT2D eigenvalue weighted by Crippen LogP contribution is 2.25. The van der Waals surface area contributed by atoms with Crippen LogP contribution < -0.4 is 5.32 Å². The van der Waals surface area contributed by atoms with Crippen LogP contribution in [0, 0.1) is 6.92 Å². The van der Waals surface area contributed by atoms with Crippen LogP contribution in [0.15, 0.2) is 36.4 Å². The van der Waals surface area contributed by atoms with E-state index in [0.717, 1.165) is 16.7 Å². The average Bonchev–Trinajstić information content (AvgIpc) is 2.62. The van der Waals surface area contributed by atoms with Gasteiger partial charge >= 0.3 is 0 Å². The van der Waals surface area contributed by atoms with Crippen LogP contribution in [0.3, 0.4) is 0 Å². The molecule has 0 unspecified atom stereocenters. The number of phenols is 3. The van der Waals surface area contributed by atoms with Crippen molar-refractivity contribution in [2.45, 2.75) is 39.2 Å². The second kappa shape index (κ2) is 8.89. The molecule has 138 valence electrons. The van der Waals surface area contributed by atoms with E-state index in [2.05, 4.69) is 5.32 Å². The highest BCUT2D eigenvalue weighted by molar-refractivity contribution is 5.85. The van der Waals surface area contributed by atoms with Gasteiger partial charge in [-0.05, 0) is 48.2 Å². The number of phenolic OH excluding ortho intramolecular Hbond substituents is 3. The van der Waals surface area contributed by atoms with Crippen molar-refractivity contribution in [3.05, 3.63) is 53.1 Å². The molecule has 0 bridgehead atoms. The van der Waals surface area contributed by atoms with Gasteiger partial charge < -0.3 is 20.6 Å². The van der Waals surface area contributed by atoms with Gasteiger partial charge in [0.25, 0.3) is 0 Å². The number of rotatable bonds is 8. The third-order valence-electron chi connectivity index (χ3n) is 4.13.